The Balaban J connectivity index is 2.46. The molecule has 0 atom stereocenters. The van der Waals surface area contributed by atoms with E-state index in [1.807, 2.05) is 13.8 Å². The van der Waals surface area contributed by atoms with Gasteiger partial charge in [-0.15, -0.1) is 0 Å². The molecule has 0 aliphatic heterocycles. The van der Waals surface area contributed by atoms with Crippen LogP contribution in [0.1, 0.15) is 25.8 Å². The van der Waals surface area contributed by atoms with Gasteiger partial charge < -0.3 is 15.2 Å². The highest BCUT2D eigenvalue weighted by atomic mass is 16.7. The van der Waals surface area contributed by atoms with Gasteiger partial charge in [0.15, 0.2) is 0 Å². The fourth-order valence-electron chi connectivity index (χ4n) is 1.56. The standard InChI is InChI=1S/C10H15N5O3/c1-3-17-8(18-4-2)6-5-7(16)15-10(12-6)13-9(11)14-15/h5,8H,3-4H2,1-2H3,(H3,11,12,13,14). The molecule has 3 N–H and O–H groups in total. The summed E-state index contributed by atoms with van der Waals surface area (Å²) in [5, 5.41) is 2.58. The predicted octanol–water partition coefficient (Wildman–Crippen LogP) is 0.0714. The normalized spacial score (nSPS) is 11.5. The summed E-state index contributed by atoms with van der Waals surface area (Å²) in [5.41, 5.74) is 5.54. The molecule has 2 aromatic heterocycles. The molecular weight excluding hydrogens is 238 g/mol. The van der Waals surface area contributed by atoms with E-state index in [-0.39, 0.29) is 17.3 Å². The molecule has 2 rings (SSSR count). The number of hydrogen-bond donors (Lipinski definition) is 2. The van der Waals surface area contributed by atoms with Crippen LogP contribution in [0.4, 0.5) is 5.95 Å². The third-order valence-corrected chi connectivity index (χ3v) is 2.25. The zero-order chi connectivity index (χ0) is 13.1. The van der Waals surface area contributed by atoms with Crippen molar-refractivity contribution in [3.8, 4) is 0 Å². The molecule has 0 saturated carbocycles. The Hall–Kier alpha value is -1.93. The van der Waals surface area contributed by atoms with E-state index in [2.05, 4.69) is 15.1 Å². The largest absolute Gasteiger partial charge is 0.368 e. The number of H-pyrrole nitrogens is 1. The van der Waals surface area contributed by atoms with Crippen molar-refractivity contribution in [3.63, 3.8) is 0 Å². The number of ether oxygens (including phenoxy) is 2. The predicted molar refractivity (Wildman–Crippen MR) is 64.0 cm³/mol. The Bertz CT molecular complexity index is 585. The zero-order valence-corrected chi connectivity index (χ0v) is 10.2. The van der Waals surface area contributed by atoms with Crippen molar-refractivity contribution in [3.05, 3.63) is 22.1 Å². The van der Waals surface area contributed by atoms with Crippen LogP contribution in [-0.2, 0) is 9.47 Å². The number of fused-ring (bicyclic) bond motifs is 1. The van der Waals surface area contributed by atoms with Crippen molar-refractivity contribution < 1.29 is 9.47 Å². The molecule has 0 unspecified atom stereocenters. The summed E-state index contributed by atoms with van der Waals surface area (Å²) in [6.45, 7) is 4.58. The topological polar surface area (TPSA) is 108 Å². The van der Waals surface area contributed by atoms with Gasteiger partial charge >= 0.3 is 0 Å². The fraction of sp³-hybridized carbons (Fsp3) is 0.500. The fourth-order valence-corrected chi connectivity index (χ4v) is 1.56. The molecular formula is C10H15N5O3. The van der Waals surface area contributed by atoms with Crippen LogP contribution < -0.4 is 11.3 Å². The number of nitrogens with two attached hydrogens (primary N) is 1. The lowest BCUT2D eigenvalue weighted by Gasteiger charge is -2.15. The van der Waals surface area contributed by atoms with Crippen LogP contribution in [-0.4, -0.2) is 32.8 Å². The third kappa shape index (κ3) is 2.34. The monoisotopic (exact) mass is 253 g/mol. The lowest BCUT2D eigenvalue weighted by atomic mass is 10.4. The van der Waals surface area contributed by atoms with Gasteiger partial charge in [-0.05, 0) is 13.8 Å². The van der Waals surface area contributed by atoms with Gasteiger partial charge in [-0.3, -0.25) is 9.89 Å². The minimum Gasteiger partial charge on any atom is -0.368 e. The van der Waals surface area contributed by atoms with Gasteiger partial charge in [0.1, 0.15) is 5.69 Å². The van der Waals surface area contributed by atoms with Crippen molar-refractivity contribution >= 4 is 11.7 Å². The number of nitrogen functional groups attached to an aromatic ring is 1. The Morgan fingerprint density at radius 3 is 2.67 bits per heavy atom. The molecule has 0 radical (unpaired) electrons. The first kappa shape index (κ1) is 12.5. The van der Waals surface area contributed by atoms with E-state index < -0.39 is 6.29 Å². The highest BCUT2D eigenvalue weighted by Crippen LogP contribution is 2.15. The molecule has 2 heterocycles. The number of nitrogens with zero attached hydrogens (tertiary/aromatic N) is 3. The van der Waals surface area contributed by atoms with Crippen molar-refractivity contribution in [2.24, 2.45) is 0 Å². The number of aromatic amines is 1. The molecule has 8 heteroatoms. The van der Waals surface area contributed by atoms with Gasteiger partial charge in [0.25, 0.3) is 11.3 Å². The zero-order valence-electron chi connectivity index (χ0n) is 10.2. The first-order chi connectivity index (χ1) is 8.65. The quantitative estimate of drug-likeness (QED) is 0.730. The Morgan fingerprint density at radius 1 is 1.39 bits per heavy atom. The summed E-state index contributed by atoms with van der Waals surface area (Å²) in [6.07, 6.45) is -0.671. The van der Waals surface area contributed by atoms with Crippen LogP contribution in [0.2, 0.25) is 0 Å². The van der Waals surface area contributed by atoms with Crippen molar-refractivity contribution in [1.82, 2.24) is 19.6 Å². The summed E-state index contributed by atoms with van der Waals surface area (Å²) in [6, 6.07) is 1.33. The highest BCUT2D eigenvalue weighted by Gasteiger charge is 2.16. The molecule has 0 fully saturated rings. The SMILES string of the molecule is CCOC(OCC)c1cc(=O)n2[nH]c(N)nc2n1. The van der Waals surface area contributed by atoms with Gasteiger partial charge in [0, 0.05) is 19.3 Å². The lowest BCUT2D eigenvalue weighted by Crippen LogP contribution is -2.19. The molecule has 8 nitrogen and oxygen atoms in total. The van der Waals surface area contributed by atoms with Crippen molar-refractivity contribution in [2.75, 3.05) is 18.9 Å². The maximum atomic E-state index is 11.8. The van der Waals surface area contributed by atoms with Gasteiger partial charge in [-0.25, -0.2) is 4.98 Å². The molecule has 2 aromatic rings. The van der Waals surface area contributed by atoms with Crippen LogP contribution >= 0.6 is 0 Å². The van der Waals surface area contributed by atoms with E-state index in [4.69, 9.17) is 15.2 Å². The van der Waals surface area contributed by atoms with E-state index in [0.717, 1.165) is 4.52 Å². The second-order valence-corrected chi connectivity index (χ2v) is 3.51. The number of nitrogens with one attached hydrogen (secondary N) is 1. The van der Waals surface area contributed by atoms with Crippen LogP contribution in [0.15, 0.2) is 10.9 Å². The average Bonchev–Trinajstić information content (AvgIpc) is 2.70. The average molecular weight is 253 g/mol. The first-order valence-corrected chi connectivity index (χ1v) is 5.64. The Morgan fingerprint density at radius 2 is 2.06 bits per heavy atom. The lowest BCUT2D eigenvalue weighted by molar-refractivity contribution is -0.142. The maximum absolute atomic E-state index is 11.8. The minimum atomic E-state index is -0.671. The van der Waals surface area contributed by atoms with E-state index >= 15 is 0 Å². The third-order valence-electron chi connectivity index (χ3n) is 2.25. The van der Waals surface area contributed by atoms with Crippen LogP contribution in [0, 0.1) is 0 Å². The second-order valence-electron chi connectivity index (χ2n) is 3.51. The highest BCUT2D eigenvalue weighted by molar-refractivity contribution is 5.34. The van der Waals surface area contributed by atoms with Gasteiger partial charge in [0.2, 0.25) is 12.2 Å². The second kappa shape index (κ2) is 5.15. The molecule has 0 aliphatic rings. The van der Waals surface area contributed by atoms with Crippen LogP contribution in [0.5, 0.6) is 0 Å². The first-order valence-electron chi connectivity index (χ1n) is 5.64. The summed E-state index contributed by atoms with van der Waals surface area (Å²) in [7, 11) is 0. The van der Waals surface area contributed by atoms with Gasteiger partial charge in [-0.2, -0.15) is 9.50 Å². The molecule has 0 saturated heterocycles. The molecule has 98 valence electrons. The summed E-state index contributed by atoms with van der Waals surface area (Å²) >= 11 is 0. The van der Waals surface area contributed by atoms with Gasteiger partial charge in [0.05, 0.1) is 0 Å². The van der Waals surface area contributed by atoms with Crippen LogP contribution in [0.3, 0.4) is 0 Å². The van der Waals surface area contributed by atoms with Crippen molar-refractivity contribution in [2.45, 2.75) is 20.1 Å². The summed E-state index contributed by atoms with van der Waals surface area (Å²) < 4.78 is 11.9. The van der Waals surface area contributed by atoms with E-state index in [0.29, 0.717) is 18.9 Å². The number of anilines is 1. The van der Waals surface area contributed by atoms with E-state index in [1.54, 1.807) is 0 Å². The number of rotatable bonds is 5. The van der Waals surface area contributed by atoms with E-state index in [1.165, 1.54) is 6.07 Å². The molecule has 0 amide bonds. The smallest absolute Gasteiger partial charge is 0.274 e. The van der Waals surface area contributed by atoms with Gasteiger partial charge in [-0.1, -0.05) is 0 Å². The number of hydrogen-bond acceptors (Lipinski definition) is 6. The number of aromatic nitrogens is 4. The van der Waals surface area contributed by atoms with Crippen molar-refractivity contribution in [1.29, 1.82) is 0 Å². The van der Waals surface area contributed by atoms with E-state index in [9.17, 15) is 4.79 Å². The minimum absolute atomic E-state index is 0.126. The molecule has 0 aromatic carbocycles. The molecule has 0 spiro atoms. The summed E-state index contributed by atoms with van der Waals surface area (Å²) in [5.74, 6) is 0.320. The maximum Gasteiger partial charge on any atom is 0.274 e. The summed E-state index contributed by atoms with van der Waals surface area (Å²) in [4.78, 5) is 19.9. The Kier molecular flexibility index (Phi) is 3.58. The molecule has 18 heavy (non-hydrogen) atoms. The molecule has 0 bridgehead atoms. The van der Waals surface area contributed by atoms with Crippen LogP contribution in [0.25, 0.3) is 5.78 Å². The molecule has 0 aliphatic carbocycles. The Labute approximate surface area is 103 Å².